The highest BCUT2D eigenvalue weighted by molar-refractivity contribution is 7.99. The van der Waals surface area contributed by atoms with Crippen LogP contribution in [0.25, 0.3) is 10.2 Å². The summed E-state index contributed by atoms with van der Waals surface area (Å²) in [6.07, 6.45) is 6.17. The molecule has 10 heteroatoms. The number of hydrogen-bond acceptors (Lipinski definition) is 7. The van der Waals surface area contributed by atoms with Crippen molar-refractivity contribution in [2.75, 3.05) is 31.9 Å². The second-order valence-corrected chi connectivity index (χ2v) is 11.1. The van der Waals surface area contributed by atoms with E-state index in [2.05, 4.69) is 13.5 Å². The Bertz CT molecular complexity index is 1320. The molecule has 1 saturated heterocycles. The standard InChI is InChI=1S/C25H28N4O4S2/c1-3-8-29-24(32)21-17-7-6-16(2)14-19(17)35-22(21)26-25(29)34-15-20(30)27-9-11-28(12-10-27)23(31)18-5-4-13-33-18/h3-5,13,16H,1,6-12,14-15H2,2H3/t16-/m0/s1. The third-order valence-electron chi connectivity index (χ3n) is 6.67. The maximum absolute atomic E-state index is 13.4. The van der Waals surface area contributed by atoms with E-state index >= 15 is 0 Å². The van der Waals surface area contributed by atoms with Crippen molar-refractivity contribution in [3.8, 4) is 0 Å². The van der Waals surface area contributed by atoms with E-state index in [-0.39, 0.29) is 23.1 Å². The van der Waals surface area contributed by atoms with Crippen molar-refractivity contribution in [2.24, 2.45) is 5.92 Å². The molecule has 1 aliphatic heterocycles. The molecule has 35 heavy (non-hydrogen) atoms. The van der Waals surface area contributed by atoms with E-state index in [0.717, 1.165) is 35.0 Å². The van der Waals surface area contributed by atoms with Gasteiger partial charge in [0.25, 0.3) is 11.5 Å². The molecule has 1 fully saturated rings. The largest absolute Gasteiger partial charge is 0.459 e. The van der Waals surface area contributed by atoms with Crippen LogP contribution in [0.1, 0.15) is 34.3 Å². The Hall–Kier alpha value is -2.85. The SMILES string of the molecule is C=CCn1c(SCC(=O)N2CCN(C(=O)c3ccco3)CC2)nc2sc3c(c2c1=O)CC[C@H](C)C3. The summed E-state index contributed by atoms with van der Waals surface area (Å²) in [5, 5.41) is 1.29. The van der Waals surface area contributed by atoms with E-state index in [1.54, 1.807) is 43.9 Å². The van der Waals surface area contributed by atoms with Gasteiger partial charge in [-0.05, 0) is 42.9 Å². The fourth-order valence-corrected chi connectivity index (χ4v) is 7.07. The Morgan fingerprint density at radius 1 is 1.29 bits per heavy atom. The Balaban J connectivity index is 1.28. The number of hydrogen-bond donors (Lipinski definition) is 0. The summed E-state index contributed by atoms with van der Waals surface area (Å²) in [5.41, 5.74) is 1.12. The molecule has 0 radical (unpaired) electrons. The van der Waals surface area contributed by atoms with Gasteiger partial charge in [-0.15, -0.1) is 17.9 Å². The number of thiophene rings is 1. The molecule has 3 aromatic rings. The highest BCUT2D eigenvalue weighted by Gasteiger charge is 2.27. The van der Waals surface area contributed by atoms with E-state index in [1.807, 2.05) is 0 Å². The summed E-state index contributed by atoms with van der Waals surface area (Å²) in [6.45, 7) is 8.25. The first-order chi connectivity index (χ1) is 17.0. The van der Waals surface area contributed by atoms with Gasteiger partial charge in [0.05, 0.1) is 17.4 Å². The maximum Gasteiger partial charge on any atom is 0.289 e. The van der Waals surface area contributed by atoms with Gasteiger partial charge in [0.2, 0.25) is 5.91 Å². The third kappa shape index (κ3) is 4.69. The minimum atomic E-state index is -0.157. The van der Waals surface area contributed by atoms with Gasteiger partial charge >= 0.3 is 0 Å². The molecule has 0 spiro atoms. The van der Waals surface area contributed by atoms with E-state index in [9.17, 15) is 14.4 Å². The molecule has 0 saturated carbocycles. The van der Waals surface area contributed by atoms with Gasteiger partial charge in [-0.25, -0.2) is 4.98 Å². The molecule has 2 amide bonds. The van der Waals surface area contributed by atoms with Crippen molar-refractivity contribution < 1.29 is 14.0 Å². The Labute approximate surface area is 211 Å². The van der Waals surface area contributed by atoms with Gasteiger partial charge in [-0.1, -0.05) is 24.8 Å². The van der Waals surface area contributed by atoms with Crippen LogP contribution >= 0.6 is 23.1 Å². The van der Waals surface area contributed by atoms with Crippen LogP contribution in [0.2, 0.25) is 0 Å². The summed E-state index contributed by atoms with van der Waals surface area (Å²) < 4.78 is 6.83. The quantitative estimate of drug-likeness (QED) is 0.286. The van der Waals surface area contributed by atoms with Crippen molar-refractivity contribution in [1.82, 2.24) is 19.4 Å². The summed E-state index contributed by atoms with van der Waals surface area (Å²) >= 11 is 2.91. The molecule has 2 aliphatic rings. The zero-order valence-corrected chi connectivity index (χ0v) is 21.3. The number of carbonyl (C=O) groups is 2. The maximum atomic E-state index is 13.4. The van der Waals surface area contributed by atoms with Gasteiger partial charge in [0.15, 0.2) is 10.9 Å². The average molecular weight is 513 g/mol. The summed E-state index contributed by atoms with van der Waals surface area (Å²) in [6, 6.07) is 3.33. The van der Waals surface area contributed by atoms with E-state index in [4.69, 9.17) is 9.40 Å². The van der Waals surface area contributed by atoms with Crippen LogP contribution < -0.4 is 5.56 Å². The monoisotopic (exact) mass is 512 g/mol. The number of fused-ring (bicyclic) bond motifs is 3. The fraction of sp³-hybridized carbons (Fsp3) is 0.440. The second-order valence-electron chi connectivity index (χ2n) is 9.07. The number of carbonyl (C=O) groups excluding carboxylic acids is 2. The van der Waals surface area contributed by atoms with Crippen LogP contribution in [0.4, 0.5) is 0 Å². The van der Waals surface area contributed by atoms with Crippen molar-refractivity contribution in [1.29, 1.82) is 0 Å². The lowest BCUT2D eigenvalue weighted by Gasteiger charge is -2.34. The molecule has 3 aromatic heterocycles. The molecule has 4 heterocycles. The molecule has 0 unspecified atom stereocenters. The summed E-state index contributed by atoms with van der Waals surface area (Å²) in [5.74, 6) is 0.928. The normalized spacial score (nSPS) is 18.0. The zero-order valence-electron chi connectivity index (χ0n) is 19.7. The van der Waals surface area contributed by atoms with Crippen LogP contribution in [0.5, 0.6) is 0 Å². The number of nitrogens with zero attached hydrogens (tertiary/aromatic N) is 4. The number of thioether (sulfide) groups is 1. The molecule has 8 nitrogen and oxygen atoms in total. The van der Waals surface area contributed by atoms with Crippen LogP contribution in [0.3, 0.4) is 0 Å². The topological polar surface area (TPSA) is 88.7 Å². The van der Waals surface area contributed by atoms with Crippen molar-refractivity contribution in [3.05, 3.63) is 57.6 Å². The molecule has 0 bridgehead atoms. The number of amides is 2. The average Bonchev–Trinajstić information content (AvgIpc) is 3.52. The predicted octanol–water partition coefficient (Wildman–Crippen LogP) is 3.44. The number of aromatic nitrogens is 2. The van der Waals surface area contributed by atoms with Gasteiger partial charge in [-0.2, -0.15) is 0 Å². The minimum absolute atomic E-state index is 0.0288. The Kier molecular flexibility index (Phi) is 6.84. The van der Waals surface area contributed by atoms with Crippen molar-refractivity contribution in [3.63, 3.8) is 0 Å². The molecule has 0 N–H and O–H groups in total. The lowest BCUT2D eigenvalue weighted by Crippen LogP contribution is -2.51. The van der Waals surface area contributed by atoms with Gasteiger partial charge in [0.1, 0.15) is 4.83 Å². The zero-order chi connectivity index (χ0) is 24.5. The number of aryl methyl sites for hydroxylation is 1. The fourth-order valence-electron chi connectivity index (χ4n) is 4.74. The number of piperazine rings is 1. The van der Waals surface area contributed by atoms with Crippen molar-refractivity contribution >= 4 is 45.1 Å². The van der Waals surface area contributed by atoms with Crippen LogP contribution in [0.15, 0.2) is 45.4 Å². The van der Waals surface area contributed by atoms with E-state index in [0.29, 0.717) is 49.6 Å². The molecule has 184 valence electrons. The van der Waals surface area contributed by atoms with E-state index in [1.165, 1.54) is 22.9 Å². The van der Waals surface area contributed by atoms with Crippen LogP contribution in [-0.4, -0.2) is 63.1 Å². The van der Waals surface area contributed by atoms with Crippen LogP contribution in [-0.2, 0) is 24.2 Å². The lowest BCUT2D eigenvalue weighted by atomic mass is 9.89. The van der Waals surface area contributed by atoms with Gasteiger partial charge < -0.3 is 14.2 Å². The Morgan fingerprint density at radius 3 is 2.77 bits per heavy atom. The highest BCUT2D eigenvalue weighted by atomic mass is 32.2. The molecule has 0 aromatic carbocycles. The molecule has 1 atom stereocenters. The highest BCUT2D eigenvalue weighted by Crippen LogP contribution is 2.36. The first kappa shape index (κ1) is 23.9. The van der Waals surface area contributed by atoms with Crippen LogP contribution in [0, 0.1) is 5.92 Å². The summed E-state index contributed by atoms with van der Waals surface area (Å²) in [4.78, 5) is 49.2. The smallest absolute Gasteiger partial charge is 0.289 e. The molecular formula is C25H28N4O4S2. The van der Waals surface area contributed by atoms with Crippen molar-refractivity contribution in [2.45, 2.75) is 37.9 Å². The first-order valence-corrected chi connectivity index (χ1v) is 13.7. The number of rotatable bonds is 6. The number of allylic oxidation sites excluding steroid dienone is 1. The third-order valence-corrected chi connectivity index (χ3v) is 8.78. The predicted molar refractivity (Wildman–Crippen MR) is 137 cm³/mol. The molecular weight excluding hydrogens is 484 g/mol. The minimum Gasteiger partial charge on any atom is -0.459 e. The van der Waals surface area contributed by atoms with E-state index < -0.39 is 0 Å². The summed E-state index contributed by atoms with van der Waals surface area (Å²) in [7, 11) is 0. The van der Waals surface area contributed by atoms with Gasteiger partial charge in [0, 0.05) is 37.6 Å². The molecule has 5 rings (SSSR count). The number of furan rings is 1. The Morgan fingerprint density at radius 2 is 2.06 bits per heavy atom. The van der Waals surface area contributed by atoms with Gasteiger partial charge in [-0.3, -0.25) is 19.0 Å². The second kappa shape index (κ2) is 10.0. The lowest BCUT2D eigenvalue weighted by molar-refractivity contribution is -0.129. The molecule has 1 aliphatic carbocycles. The first-order valence-electron chi connectivity index (χ1n) is 11.9.